The Bertz CT molecular complexity index is 1360. The average Bonchev–Trinajstić information content (AvgIpc) is 3.03. The van der Waals surface area contributed by atoms with Gasteiger partial charge >= 0.3 is 5.97 Å². The lowest BCUT2D eigenvalue weighted by atomic mass is 10.1. The van der Waals surface area contributed by atoms with E-state index in [0.717, 1.165) is 28.2 Å². The largest absolute Gasteiger partial charge is 0.496 e. The molecule has 0 unspecified atom stereocenters. The fourth-order valence-corrected chi connectivity index (χ4v) is 4.88. The molecule has 0 aliphatic heterocycles. The van der Waals surface area contributed by atoms with Gasteiger partial charge in [-0.2, -0.15) is 4.99 Å². The van der Waals surface area contributed by atoms with Crippen molar-refractivity contribution in [1.82, 2.24) is 4.57 Å². The first-order chi connectivity index (χ1) is 15.1. The number of aromatic nitrogens is 1. The van der Waals surface area contributed by atoms with Gasteiger partial charge in [0, 0.05) is 0 Å². The molecule has 0 saturated carbocycles. The monoisotopic (exact) mass is 477 g/mol. The summed E-state index contributed by atoms with van der Waals surface area (Å²) < 4.78 is 35.7. The maximum atomic E-state index is 12.7. The van der Waals surface area contributed by atoms with E-state index in [1.54, 1.807) is 26.2 Å². The predicted molar refractivity (Wildman–Crippen MR) is 120 cm³/mol. The maximum absolute atomic E-state index is 12.7. The molecule has 0 saturated heterocycles. The lowest BCUT2D eigenvalue weighted by molar-refractivity contribution is -0.143. The molecule has 0 spiro atoms. The molecule has 32 heavy (non-hydrogen) atoms. The quantitative estimate of drug-likeness (QED) is 0.517. The number of nitrogens with two attached hydrogens (primary N) is 1. The third-order valence-corrected chi connectivity index (χ3v) is 6.56. The van der Waals surface area contributed by atoms with E-state index in [4.69, 9.17) is 14.6 Å². The lowest BCUT2D eigenvalue weighted by Crippen LogP contribution is -2.23. The van der Waals surface area contributed by atoms with Crippen molar-refractivity contribution in [3.05, 3.63) is 52.3 Å². The van der Waals surface area contributed by atoms with E-state index in [1.165, 1.54) is 22.8 Å². The van der Waals surface area contributed by atoms with Crippen molar-refractivity contribution >= 4 is 43.5 Å². The number of esters is 1. The molecule has 0 fully saturated rings. The van der Waals surface area contributed by atoms with Crippen LogP contribution in [0.4, 0.5) is 0 Å². The third kappa shape index (κ3) is 5.42. The first-order valence-corrected chi connectivity index (χ1v) is 12.0. The summed E-state index contributed by atoms with van der Waals surface area (Å²) in [6.07, 6.45) is 0.0565. The van der Waals surface area contributed by atoms with E-state index >= 15 is 0 Å². The van der Waals surface area contributed by atoms with Crippen molar-refractivity contribution in [2.45, 2.75) is 31.7 Å². The number of fused-ring (bicyclic) bond motifs is 1. The molecule has 170 valence electrons. The molecule has 0 aliphatic rings. The van der Waals surface area contributed by atoms with Crippen LogP contribution in [-0.4, -0.2) is 38.6 Å². The number of rotatable bonds is 7. The molecule has 0 bridgehead atoms. The highest BCUT2D eigenvalue weighted by molar-refractivity contribution is 7.89. The van der Waals surface area contributed by atoms with Crippen LogP contribution in [-0.2, 0) is 37.3 Å². The van der Waals surface area contributed by atoms with Gasteiger partial charge < -0.3 is 14.0 Å². The van der Waals surface area contributed by atoms with Crippen LogP contribution in [0.2, 0.25) is 0 Å². The molecule has 0 radical (unpaired) electrons. The van der Waals surface area contributed by atoms with E-state index < -0.39 is 21.9 Å². The molecule has 2 aromatic carbocycles. The second kappa shape index (κ2) is 9.63. The molecule has 0 aliphatic carbocycles. The second-order valence-electron chi connectivity index (χ2n) is 6.94. The third-order valence-electron chi connectivity index (χ3n) is 4.61. The topological polar surface area (TPSA) is 130 Å². The normalized spacial score (nSPS) is 12.2. The molecule has 0 atom stereocenters. The van der Waals surface area contributed by atoms with E-state index in [1.807, 2.05) is 13.0 Å². The van der Waals surface area contributed by atoms with Gasteiger partial charge in [-0.3, -0.25) is 9.59 Å². The number of hydrogen-bond donors (Lipinski definition) is 1. The van der Waals surface area contributed by atoms with Gasteiger partial charge in [0.15, 0.2) is 4.80 Å². The number of amides is 1. The van der Waals surface area contributed by atoms with Gasteiger partial charge in [-0.1, -0.05) is 23.5 Å². The number of carbonyl (C=O) groups excluding carboxylic acids is 2. The zero-order valence-electron chi connectivity index (χ0n) is 17.8. The standard InChI is InChI=1S/C21H23N3O6S2/c1-4-30-20(26)12-24-16-7-6-15(32(22,27)28)11-18(16)31-21(24)23-19(25)10-14-5-8-17(29-3)13(2)9-14/h5-9,11H,4,10,12H2,1-3H3,(H2,22,27,28). The Hall–Kier alpha value is -3.02. The highest BCUT2D eigenvalue weighted by Gasteiger charge is 2.16. The van der Waals surface area contributed by atoms with Crippen LogP contribution >= 0.6 is 11.3 Å². The molecule has 3 aromatic rings. The molecule has 1 amide bonds. The number of ether oxygens (including phenoxy) is 2. The minimum Gasteiger partial charge on any atom is -0.496 e. The summed E-state index contributed by atoms with van der Waals surface area (Å²) in [5, 5.41) is 5.22. The van der Waals surface area contributed by atoms with Crippen molar-refractivity contribution in [2.24, 2.45) is 10.1 Å². The highest BCUT2D eigenvalue weighted by Crippen LogP contribution is 2.22. The number of benzene rings is 2. The van der Waals surface area contributed by atoms with Crippen LogP contribution in [0.1, 0.15) is 18.1 Å². The Morgan fingerprint density at radius 1 is 1.19 bits per heavy atom. The number of aryl methyl sites for hydroxylation is 1. The van der Waals surface area contributed by atoms with E-state index in [0.29, 0.717) is 10.2 Å². The van der Waals surface area contributed by atoms with Gasteiger partial charge in [-0.25, -0.2) is 13.6 Å². The van der Waals surface area contributed by atoms with Crippen molar-refractivity contribution in [3.63, 3.8) is 0 Å². The number of methoxy groups -OCH3 is 1. The van der Waals surface area contributed by atoms with Crippen LogP contribution in [0.25, 0.3) is 10.2 Å². The Labute approximate surface area is 189 Å². The van der Waals surface area contributed by atoms with Gasteiger partial charge in [-0.15, -0.1) is 0 Å². The molecule has 1 aromatic heterocycles. The summed E-state index contributed by atoms with van der Waals surface area (Å²) in [6.45, 7) is 3.61. The summed E-state index contributed by atoms with van der Waals surface area (Å²) >= 11 is 1.09. The molecule has 9 nitrogen and oxygen atoms in total. The summed E-state index contributed by atoms with van der Waals surface area (Å²) in [7, 11) is -2.33. The zero-order chi connectivity index (χ0) is 23.5. The van der Waals surface area contributed by atoms with Crippen molar-refractivity contribution in [2.75, 3.05) is 13.7 Å². The summed E-state index contributed by atoms with van der Waals surface area (Å²) in [5.41, 5.74) is 2.21. The van der Waals surface area contributed by atoms with Crippen LogP contribution < -0.4 is 14.7 Å². The Morgan fingerprint density at radius 2 is 1.94 bits per heavy atom. The van der Waals surface area contributed by atoms with Crippen molar-refractivity contribution < 1.29 is 27.5 Å². The number of hydrogen-bond acceptors (Lipinski definition) is 7. The van der Waals surface area contributed by atoms with E-state index in [2.05, 4.69) is 4.99 Å². The van der Waals surface area contributed by atoms with Crippen LogP contribution in [0.5, 0.6) is 5.75 Å². The summed E-state index contributed by atoms with van der Waals surface area (Å²) in [6, 6.07) is 9.69. The number of thiazole rings is 1. The molecular weight excluding hydrogens is 454 g/mol. The summed E-state index contributed by atoms with van der Waals surface area (Å²) in [4.78, 5) is 29.2. The number of nitrogens with zero attached hydrogens (tertiary/aromatic N) is 2. The second-order valence-corrected chi connectivity index (χ2v) is 9.51. The van der Waals surface area contributed by atoms with Gasteiger partial charge in [0.1, 0.15) is 12.3 Å². The molecule has 1 heterocycles. The highest BCUT2D eigenvalue weighted by atomic mass is 32.2. The Balaban J connectivity index is 2.03. The average molecular weight is 478 g/mol. The maximum Gasteiger partial charge on any atom is 0.326 e. The molecular formula is C21H23N3O6S2. The Kier molecular flexibility index (Phi) is 7.12. The van der Waals surface area contributed by atoms with Gasteiger partial charge in [0.2, 0.25) is 10.0 Å². The van der Waals surface area contributed by atoms with E-state index in [-0.39, 0.29) is 29.3 Å². The van der Waals surface area contributed by atoms with Crippen molar-refractivity contribution in [3.8, 4) is 5.75 Å². The first-order valence-electron chi connectivity index (χ1n) is 9.65. The van der Waals surface area contributed by atoms with Crippen LogP contribution in [0.3, 0.4) is 0 Å². The fourth-order valence-electron chi connectivity index (χ4n) is 3.18. The van der Waals surface area contributed by atoms with Gasteiger partial charge in [0.05, 0.1) is 35.2 Å². The van der Waals surface area contributed by atoms with Crippen LogP contribution in [0.15, 0.2) is 46.3 Å². The molecule has 3 rings (SSSR count). The number of sulfonamides is 1. The van der Waals surface area contributed by atoms with Gasteiger partial charge in [0.25, 0.3) is 5.91 Å². The number of primary sulfonamides is 1. The fraction of sp³-hybridized carbons (Fsp3) is 0.286. The lowest BCUT2D eigenvalue weighted by Gasteiger charge is -2.06. The smallest absolute Gasteiger partial charge is 0.326 e. The van der Waals surface area contributed by atoms with Crippen molar-refractivity contribution in [1.29, 1.82) is 0 Å². The minimum absolute atomic E-state index is 0.0565. The van der Waals surface area contributed by atoms with Gasteiger partial charge in [-0.05, 0) is 49.2 Å². The Morgan fingerprint density at radius 3 is 2.56 bits per heavy atom. The van der Waals surface area contributed by atoms with Crippen LogP contribution in [0, 0.1) is 6.92 Å². The molecule has 11 heteroatoms. The molecule has 2 N–H and O–H groups in total. The number of carbonyl (C=O) groups is 2. The zero-order valence-corrected chi connectivity index (χ0v) is 19.5. The summed E-state index contributed by atoms with van der Waals surface area (Å²) in [5.74, 6) is -0.187. The predicted octanol–water partition coefficient (Wildman–Crippen LogP) is 1.90. The SMILES string of the molecule is CCOC(=O)Cn1c(=NC(=O)Cc2ccc(OC)c(C)c2)sc2cc(S(N)(=O)=O)ccc21. The van der Waals surface area contributed by atoms with E-state index in [9.17, 15) is 18.0 Å². The minimum atomic E-state index is -3.91. The first kappa shape index (κ1) is 23.6.